The summed E-state index contributed by atoms with van der Waals surface area (Å²) in [6.07, 6.45) is 0.346. The molecule has 1 unspecified atom stereocenters. The van der Waals surface area contributed by atoms with Crippen LogP contribution >= 0.6 is 22.6 Å². The van der Waals surface area contributed by atoms with Gasteiger partial charge in [-0.05, 0) is 29.0 Å². The number of nitro groups is 1. The van der Waals surface area contributed by atoms with Crippen LogP contribution in [0.2, 0.25) is 0 Å². The fourth-order valence-electron chi connectivity index (χ4n) is 1.58. The van der Waals surface area contributed by atoms with E-state index in [1.807, 2.05) is 0 Å². The van der Waals surface area contributed by atoms with Gasteiger partial charge in [0.1, 0.15) is 11.5 Å². The number of nitro benzene ring substituents is 1. The third kappa shape index (κ3) is 4.55. The summed E-state index contributed by atoms with van der Waals surface area (Å²) in [6.45, 7) is 0.160. The molecule has 0 fully saturated rings. The van der Waals surface area contributed by atoms with Crippen molar-refractivity contribution >= 4 is 34.0 Å². The summed E-state index contributed by atoms with van der Waals surface area (Å²) in [6, 6.07) is 1.93. The number of anilines is 1. The summed E-state index contributed by atoms with van der Waals surface area (Å²) in [5, 5.41) is 22.7. The molecule has 0 amide bonds. The molecule has 0 aliphatic carbocycles. The topological polar surface area (TPSA) is 84.6 Å². The SMILES string of the molecule is COCC(CCO)Nc1cc(F)c(I)cc1[N+](=O)[O-]. The number of rotatable bonds is 7. The van der Waals surface area contributed by atoms with E-state index in [4.69, 9.17) is 9.84 Å². The zero-order chi connectivity index (χ0) is 14.4. The van der Waals surface area contributed by atoms with E-state index in [1.165, 1.54) is 13.2 Å². The van der Waals surface area contributed by atoms with E-state index in [9.17, 15) is 14.5 Å². The van der Waals surface area contributed by atoms with Gasteiger partial charge in [0.15, 0.2) is 0 Å². The average Bonchev–Trinajstić information content (AvgIpc) is 2.33. The molecule has 106 valence electrons. The largest absolute Gasteiger partial charge is 0.396 e. The predicted molar refractivity (Wildman–Crippen MR) is 76.8 cm³/mol. The molecule has 0 spiro atoms. The number of halogens is 2. The monoisotopic (exact) mass is 384 g/mol. The van der Waals surface area contributed by atoms with E-state index in [2.05, 4.69) is 5.32 Å². The Bertz CT molecular complexity index is 453. The second-order valence-corrected chi connectivity index (χ2v) is 5.01. The Morgan fingerprint density at radius 1 is 1.63 bits per heavy atom. The molecule has 1 aromatic carbocycles. The molecule has 19 heavy (non-hydrogen) atoms. The van der Waals surface area contributed by atoms with Crippen molar-refractivity contribution < 1.29 is 19.2 Å². The summed E-state index contributed by atoms with van der Waals surface area (Å²) in [4.78, 5) is 10.4. The van der Waals surface area contributed by atoms with Gasteiger partial charge in [0.2, 0.25) is 0 Å². The van der Waals surface area contributed by atoms with Crippen molar-refractivity contribution in [2.75, 3.05) is 25.6 Å². The van der Waals surface area contributed by atoms with Crippen LogP contribution in [0.1, 0.15) is 6.42 Å². The Labute approximate surface area is 123 Å². The first kappa shape index (κ1) is 16.1. The van der Waals surface area contributed by atoms with E-state index in [1.54, 1.807) is 22.6 Å². The van der Waals surface area contributed by atoms with Crippen molar-refractivity contribution in [1.82, 2.24) is 0 Å². The number of hydrogen-bond acceptors (Lipinski definition) is 5. The summed E-state index contributed by atoms with van der Waals surface area (Å²) in [5.41, 5.74) is -0.122. The van der Waals surface area contributed by atoms with Gasteiger partial charge in [-0.1, -0.05) is 0 Å². The van der Waals surface area contributed by atoms with Crippen molar-refractivity contribution in [3.63, 3.8) is 0 Å². The maximum atomic E-state index is 13.5. The Morgan fingerprint density at radius 2 is 2.32 bits per heavy atom. The number of ether oxygens (including phenoxy) is 1. The van der Waals surface area contributed by atoms with Crippen molar-refractivity contribution in [1.29, 1.82) is 0 Å². The number of aliphatic hydroxyl groups excluding tert-OH is 1. The van der Waals surface area contributed by atoms with Crippen LogP contribution in [0.5, 0.6) is 0 Å². The summed E-state index contributed by atoms with van der Waals surface area (Å²) in [5.74, 6) is -0.533. The minimum absolute atomic E-state index is 0.0819. The van der Waals surface area contributed by atoms with Crippen LogP contribution in [-0.2, 0) is 4.74 Å². The second kappa shape index (κ2) is 7.56. The third-order valence-electron chi connectivity index (χ3n) is 2.44. The minimum atomic E-state index is -0.577. The van der Waals surface area contributed by atoms with Crippen LogP contribution in [0.25, 0.3) is 0 Å². The van der Waals surface area contributed by atoms with Gasteiger partial charge in [0.25, 0.3) is 5.69 Å². The van der Waals surface area contributed by atoms with Gasteiger partial charge >= 0.3 is 0 Å². The summed E-state index contributed by atoms with van der Waals surface area (Å²) < 4.78 is 18.6. The first-order chi connectivity index (χ1) is 8.99. The maximum absolute atomic E-state index is 13.5. The molecule has 1 rings (SSSR count). The Kier molecular flexibility index (Phi) is 6.38. The highest BCUT2D eigenvalue weighted by molar-refractivity contribution is 14.1. The van der Waals surface area contributed by atoms with Crippen LogP contribution in [0.3, 0.4) is 0 Å². The quantitative estimate of drug-likeness (QED) is 0.428. The molecular weight excluding hydrogens is 370 g/mol. The molecular formula is C11H14FIN2O4. The Balaban J connectivity index is 3.03. The van der Waals surface area contributed by atoms with Crippen LogP contribution in [0, 0.1) is 19.5 Å². The van der Waals surface area contributed by atoms with E-state index < -0.39 is 10.7 Å². The minimum Gasteiger partial charge on any atom is -0.396 e. The molecule has 0 aromatic heterocycles. The molecule has 0 heterocycles. The standard InChI is InChI=1S/C11H14FIN2O4/c1-19-6-7(2-3-16)14-10-4-8(12)9(13)5-11(10)15(17)18/h4-5,7,14,16H,2-3,6H2,1H3. The molecule has 0 aliphatic heterocycles. The van der Waals surface area contributed by atoms with Gasteiger partial charge in [0.05, 0.1) is 21.1 Å². The van der Waals surface area contributed by atoms with E-state index >= 15 is 0 Å². The van der Waals surface area contributed by atoms with Crippen LogP contribution in [0.15, 0.2) is 12.1 Å². The molecule has 2 N–H and O–H groups in total. The van der Waals surface area contributed by atoms with Gasteiger partial charge < -0.3 is 15.2 Å². The average molecular weight is 384 g/mol. The molecule has 0 radical (unpaired) electrons. The Hall–Kier alpha value is -1.00. The first-order valence-electron chi connectivity index (χ1n) is 5.49. The van der Waals surface area contributed by atoms with Gasteiger partial charge in [-0.15, -0.1) is 0 Å². The molecule has 0 aliphatic rings. The first-order valence-corrected chi connectivity index (χ1v) is 6.57. The molecule has 0 saturated carbocycles. The van der Waals surface area contributed by atoms with E-state index in [0.29, 0.717) is 6.42 Å². The molecule has 8 heteroatoms. The highest BCUT2D eigenvalue weighted by atomic mass is 127. The molecule has 1 aromatic rings. The van der Waals surface area contributed by atoms with Gasteiger partial charge in [-0.2, -0.15) is 0 Å². The predicted octanol–water partition coefficient (Wildman–Crippen LogP) is 2.15. The molecule has 0 saturated heterocycles. The second-order valence-electron chi connectivity index (χ2n) is 3.85. The van der Waals surface area contributed by atoms with E-state index in [0.717, 1.165) is 6.07 Å². The van der Waals surface area contributed by atoms with Crippen molar-refractivity contribution in [3.05, 3.63) is 31.6 Å². The van der Waals surface area contributed by atoms with Gasteiger partial charge in [0, 0.05) is 25.8 Å². The fraction of sp³-hybridized carbons (Fsp3) is 0.455. The maximum Gasteiger partial charge on any atom is 0.293 e. The molecule has 0 bridgehead atoms. The van der Waals surface area contributed by atoms with Crippen molar-refractivity contribution in [2.24, 2.45) is 0 Å². The van der Waals surface area contributed by atoms with Crippen LogP contribution < -0.4 is 5.32 Å². The molecule has 1 atom stereocenters. The number of nitrogens with one attached hydrogen (secondary N) is 1. The normalized spacial score (nSPS) is 12.2. The lowest BCUT2D eigenvalue weighted by molar-refractivity contribution is -0.384. The van der Waals surface area contributed by atoms with Crippen LogP contribution in [-0.4, -0.2) is 36.4 Å². The number of benzene rings is 1. The lowest BCUT2D eigenvalue weighted by Crippen LogP contribution is -2.26. The van der Waals surface area contributed by atoms with Crippen molar-refractivity contribution in [3.8, 4) is 0 Å². The highest BCUT2D eigenvalue weighted by Gasteiger charge is 2.20. The van der Waals surface area contributed by atoms with Crippen molar-refractivity contribution in [2.45, 2.75) is 12.5 Å². The Morgan fingerprint density at radius 3 is 2.84 bits per heavy atom. The van der Waals surface area contributed by atoms with E-state index in [-0.39, 0.29) is 34.2 Å². The smallest absolute Gasteiger partial charge is 0.293 e. The molecule has 6 nitrogen and oxygen atoms in total. The van der Waals surface area contributed by atoms with Gasteiger partial charge in [-0.3, -0.25) is 10.1 Å². The van der Waals surface area contributed by atoms with Crippen LogP contribution in [0.4, 0.5) is 15.8 Å². The lowest BCUT2D eigenvalue weighted by atomic mass is 10.2. The zero-order valence-corrected chi connectivity index (χ0v) is 12.4. The number of nitrogens with zero attached hydrogens (tertiary/aromatic N) is 1. The van der Waals surface area contributed by atoms with Gasteiger partial charge in [-0.25, -0.2) is 4.39 Å². The highest BCUT2D eigenvalue weighted by Crippen LogP contribution is 2.29. The number of methoxy groups -OCH3 is 1. The fourth-order valence-corrected chi connectivity index (χ4v) is 2.03. The third-order valence-corrected chi connectivity index (χ3v) is 3.27. The zero-order valence-electron chi connectivity index (χ0n) is 10.2. The summed E-state index contributed by atoms with van der Waals surface area (Å²) >= 11 is 1.70. The number of aliphatic hydroxyl groups is 1. The number of hydrogen-bond donors (Lipinski definition) is 2. The lowest BCUT2D eigenvalue weighted by Gasteiger charge is -2.18. The summed E-state index contributed by atoms with van der Waals surface area (Å²) in [7, 11) is 1.48.